The first-order valence-electron chi connectivity index (χ1n) is 9.77. The quantitative estimate of drug-likeness (QED) is 0.475. The molecule has 1 aliphatic heterocycles. The Hall–Kier alpha value is -4.28. The second-order valence-corrected chi connectivity index (χ2v) is 7.37. The number of carbonyl (C=O) groups excluding carboxylic acids is 1. The van der Waals surface area contributed by atoms with E-state index in [1.165, 1.54) is 0 Å². The van der Waals surface area contributed by atoms with E-state index in [9.17, 15) is 4.79 Å². The van der Waals surface area contributed by atoms with Crippen LogP contribution in [0, 0.1) is 0 Å². The number of imidazole rings is 1. The van der Waals surface area contributed by atoms with Crippen molar-refractivity contribution in [1.29, 1.82) is 0 Å². The molecule has 31 heavy (non-hydrogen) atoms. The molecular weight excluding hydrogens is 398 g/mol. The lowest BCUT2D eigenvalue weighted by Gasteiger charge is -2.32. The normalized spacial score (nSPS) is 16.0. The van der Waals surface area contributed by atoms with Crippen LogP contribution in [-0.2, 0) is 13.5 Å². The highest BCUT2D eigenvalue weighted by Crippen LogP contribution is 2.34. The van der Waals surface area contributed by atoms with Gasteiger partial charge in [0.25, 0.3) is 5.89 Å². The number of aromatic amines is 1. The van der Waals surface area contributed by atoms with Gasteiger partial charge in [0.1, 0.15) is 6.04 Å². The Balaban J connectivity index is 1.40. The summed E-state index contributed by atoms with van der Waals surface area (Å²) in [5.74, 6) is -0.192. The standard InChI is InChI=1S/C20H17N9O2/c1-27-10-12(9-23-27)18-24-25-19(31-18)20(30)28-7-5-14-16(22-11-21-14)17(28)15-8-13-4-2-3-6-29(13)26-15/h2-4,6,8-11,17H,5,7H2,1H3,(H,21,22)/t17-/m0/s1. The van der Waals surface area contributed by atoms with E-state index < -0.39 is 6.04 Å². The van der Waals surface area contributed by atoms with Crippen molar-refractivity contribution in [2.45, 2.75) is 12.5 Å². The highest BCUT2D eigenvalue weighted by Gasteiger charge is 2.38. The SMILES string of the molecule is Cn1cc(-c2nnc(C(=O)N3CCc4[nH]cnc4[C@@H]3c3cc4ccccn4n3)o2)cn1. The van der Waals surface area contributed by atoms with Gasteiger partial charge in [-0.3, -0.25) is 9.48 Å². The maximum atomic E-state index is 13.4. The molecule has 1 amide bonds. The van der Waals surface area contributed by atoms with Crippen molar-refractivity contribution in [2.75, 3.05) is 6.54 Å². The highest BCUT2D eigenvalue weighted by atomic mass is 16.4. The molecule has 6 heterocycles. The van der Waals surface area contributed by atoms with Gasteiger partial charge in [-0.25, -0.2) is 9.50 Å². The number of H-pyrrole nitrogens is 1. The summed E-state index contributed by atoms with van der Waals surface area (Å²) in [6.45, 7) is 0.469. The van der Waals surface area contributed by atoms with Crippen LogP contribution in [0.1, 0.15) is 33.8 Å². The fourth-order valence-electron chi connectivity index (χ4n) is 3.97. The summed E-state index contributed by atoms with van der Waals surface area (Å²) in [5.41, 5.74) is 4.07. The van der Waals surface area contributed by atoms with Crippen LogP contribution in [0.3, 0.4) is 0 Å². The number of hydrogen-bond acceptors (Lipinski definition) is 7. The maximum Gasteiger partial charge on any atom is 0.312 e. The van der Waals surface area contributed by atoms with Gasteiger partial charge < -0.3 is 14.3 Å². The summed E-state index contributed by atoms with van der Waals surface area (Å²) in [6.07, 6.45) is 7.52. The smallest absolute Gasteiger partial charge is 0.312 e. The Labute approximate surface area is 175 Å². The molecule has 0 fully saturated rings. The predicted octanol–water partition coefficient (Wildman–Crippen LogP) is 1.63. The second-order valence-electron chi connectivity index (χ2n) is 7.37. The number of aryl methyl sites for hydroxylation is 1. The molecule has 11 nitrogen and oxygen atoms in total. The molecule has 0 radical (unpaired) electrons. The number of nitrogens with one attached hydrogen (secondary N) is 1. The largest absolute Gasteiger partial charge is 0.412 e. The first kappa shape index (κ1) is 17.6. The third-order valence-corrected chi connectivity index (χ3v) is 5.41. The van der Waals surface area contributed by atoms with Crippen LogP contribution in [0.15, 0.2) is 53.6 Å². The van der Waals surface area contributed by atoms with Gasteiger partial charge in [-0.1, -0.05) is 6.07 Å². The second kappa shape index (κ2) is 6.62. The molecule has 154 valence electrons. The summed E-state index contributed by atoms with van der Waals surface area (Å²) in [5, 5.41) is 16.8. The molecule has 1 N–H and O–H groups in total. The molecule has 1 atom stereocenters. The van der Waals surface area contributed by atoms with E-state index >= 15 is 0 Å². The third kappa shape index (κ3) is 2.81. The lowest BCUT2D eigenvalue weighted by atomic mass is 9.99. The lowest BCUT2D eigenvalue weighted by Crippen LogP contribution is -2.41. The predicted molar refractivity (Wildman–Crippen MR) is 107 cm³/mol. The molecule has 5 aromatic heterocycles. The van der Waals surface area contributed by atoms with E-state index in [-0.39, 0.29) is 17.7 Å². The van der Waals surface area contributed by atoms with Gasteiger partial charge in [0.05, 0.1) is 35.0 Å². The minimum atomic E-state index is -0.462. The van der Waals surface area contributed by atoms with Crippen LogP contribution in [0.2, 0.25) is 0 Å². The number of aromatic nitrogens is 8. The molecule has 5 aromatic rings. The van der Waals surface area contributed by atoms with Crippen LogP contribution < -0.4 is 0 Å². The number of fused-ring (bicyclic) bond motifs is 2. The van der Waals surface area contributed by atoms with Crippen molar-refractivity contribution in [3.8, 4) is 11.5 Å². The van der Waals surface area contributed by atoms with E-state index in [2.05, 4.69) is 30.4 Å². The van der Waals surface area contributed by atoms with Crippen LogP contribution in [0.25, 0.3) is 17.0 Å². The topological polar surface area (TPSA) is 123 Å². The number of pyridine rings is 1. The van der Waals surface area contributed by atoms with E-state index in [1.807, 2.05) is 30.5 Å². The minimum absolute atomic E-state index is 0.0772. The maximum absolute atomic E-state index is 13.4. The van der Waals surface area contributed by atoms with Crippen LogP contribution >= 0.6 is 0 Å². The van der Waals surface area contributed by atoms with Gasteiger partial charge in [-0.2, -0.15) is 10.2 Å². The Morgan fingerprint density at radius 3 is 3.06 bits per heavy atom. The molecule has 0 bridgehead atoms. The fraction of sp³-hybridized carbons (Fsp3) is 0.200. The van der Waals surface area contributed by atoms with Crippen molar-refractivity contribution < 1.29 is 9.21 Å². The van der Waals surface area contributed by atoms with Crippen molar-refractivity contribution >= 4 is 11.4 Å². The Kier molecular flexibility index (Phi) is 3.75. The highest BCUT2D eigenvalue weighted by molar-refractivity contribution is 5.90. The number of amides is 1. The Morgan fingerprint density at radius 1 is 1.29 bits per heavy atom. The van der Waals surface area contributed by atoms with Crippen molar-refractivity contribution in [3.05, 3.63) is 72.2 Å². The van der Waals surface area contributed by atoms with Crippen molar-refractivity contribution in [1.82, 2.24) is 44.5 Å². The number of nitrogens with zero attached hydrogens (tertiary/aromatic N) is 8. The van der Waals surface area contributed by atoms with E-state index in [0.29, 0.717) is 18.5 Å². The molecule has 0 saturated carbocycles. The van der Waals surface area contributed by atoms with Gasteiger partial charge in [0, 0.05) is 38.1 Å². The van der Waals surface area contributed by atoms with E-state index in [1.54, 1.807) is 39.9 Å². The van der Waals surface area contributed by atoms with E-state index in [0.717, 1.165) is 22.6 Å². The number of rotatable bonds is 3. The van der Waals surface area contributed by atoms with Gasteiger partial charge in [0.15, 0.2) is 0 Å². The molecule has 1 aliphatic rings. The monoisotopic (exact) mass is 415 g/mol. The molecule has 0 unspecified atom stereocenters. The summed E-state index contributed by atoms with van der Waals surface area (Å²) in [7, 11) is 1.79. The summed E-state index contributed by atoms with van der Waals surface area (Å²) in [4.78, 5) is 22.8. The summed E-state index contributed by atoms with van der Waals surface area (Å²) >= 11 is 0. The van der Waals surface area contributed by atoms with Gasteiger partial charge >= 0.3 is 11.8 Å². The molecule has 0 saturated heterocycles. The van der Waals surface area contributed by atoms with Crippen molar-refractivity contribution in [2.24, 2.45) is 7.05 Å². The molecule has 0 aliphatic carbocycles. The fourth-order valence-corrected chi connectivity index (χ4v) is 3.97. The Morgan fingerprint density at radius 2 is 2.23 bits per heavy atom. The van der Waals surface area contributed by atoms with Gasteiger partial charge in [-0.15, -0.1) is 10.2 Å². The molecule has 6 rings (SSSR count). The van der Waals surface area contributed by atoms with Crippen LogP contribution in [-0.4, -0.2) is 56.9 Å². The number of carbonyl (C=O) groups is 1. The average Bonchev–Trinajstić information content (AvgIpc) is 3.57. The zero-order valence-electron chi connectivity index (χ0n) is 16.5. The number of hydrogen-bond donors (Lipinski definition) is 1. The van der Waals surface area contributed by atoms with E-state index in [4.69, 9.17) is 4.42 Å². The van der Waals surface area contributed by atoms with Gasteiger partial charge in [-0.05, 0) is 18.2 Å². The molecule has 0 spiro atoms. The third-order valence-electron chi connectivity index (χ3n) is 5.41. The first-order chi connectivity index (χ1) is 15.2. The zero-order valence-corrected chi connectivity index (χ0v) is 16.5. The Bertz CT molecular complexity index is 1380. The summed E-state index contributed by atoms with van der Waals surface area (Å²) < 4.78 is 9.10. The minimum Gasteiger partial charge on any atom is -0.412 e. The lowest BCUT2D eigenvalue weighted by molar-refractivity contribution is 0.0646. The zero-order chi connectivity index (χ0) is 20.9. The van der Waals surface area contributed by atoms with Crippen molar-refractivity contribution in [3.63, 3.8) is 0 Å². The molecule has 0 aromatic carbocycles. The first-order valence-corrected chi connectivity index (χ1v) is 9.77. The van der Waals surface area contributed by atoms with Crippen LogP contribution in [0.4, 0.5) is 0 Å². The van der Waals surface area contributed by atoms with Crippen LogP contribution in [0.5, 0.6) is 0 Å². The molecule has 11 heteroatoms. The summed E-state index contributed by atoms with van der Waals surface area (Å²) in [6, 6.07) is 7.32. The van der Waals surface area contributed by atoms with Gasteiger partial charge in [0.2, 0.25) is 0 Å². The molecular formula is C20H17N9O2. The average molecular weight is 415 g/mol.